The number of thiazole rings is 1. The molecule has 0 spiro atoms. The van der Waals surface area contributed by atoms with Crippen molar-refractivity contribution in [1.82, 2.24) is 25.0 Å². The van der Waals surface area contributed by atoms with Gasteiger partial charge in [-0.25, -0.2) is 4.98 Å². The monoisotopic (exact) mass is 437 g/mol. The van der Waals surface area contributed by atoms with Crippen molar-refractivity contribution in [1.29, 1.82) is 0 Å². The van der Waals surface area contributed by atoms with Gasteiger partial charge in [0.25, 0.3) is 5.91 Å². The number of likely N-dealkylation sites (tertiary alicyclic amines) is 1. The topological polar surface area (TPSA) is 63.1 Å². The van der Waals surface area contributed by atoms with Gasteiger partial charge in [-0.05, 0) is 51.2 Å². The van der Waals surface area contributed by atoms with E-state index in [4.69, 9.17) is 10.1 Å². The minimum Gasteiger partial charge on any atom is -0.337 e. The quantitative estimate of drug-likeness (QED) is 0.651. The summed E-state index contributed by atoms with van der Waals surface area (Å²) in [5.74, 6) is 0.136. The Labute approximate surface area is 187 Å². The number of hydrogen-bond acceptors (Lipinski definition) is 5. The minimum absolute atomic E-state index is 0.136. The van der Waals surface area contributed by atoms with E-state index in [0.717, 1.165) is 68.8 Å². The van der Waals surface area contributed by atoms with Crippen molar-refractivity contribution >= 4 is 27.5 Å². The van der Waals surface area contributed by atoms with Crippen molar-refractivity contribution < 1.29 is 4.79 Å². The van der Waals surface area contributed by atoms with Crippen LogP contribution in [0.3, 0.4) is 0 Å². The van der Waals surface area contributed by atoms with E-state index in [9.17, 15) is 4.79 Å². The summed E-state index contributed by atoms with van der Waals surface area (Å²) in [6, 6.07) is 8.65. The van der Waals surface area contributed by atoms with Crippen LogP contribution in [-0.4, -0.2) is 44.7 Å². The maximum absolute atomic E-state index is 13.4. The molecular weight excluding hydrogens is 406 g/mol. The molecule has 1 aliphatic carbocycles. The summed E-state index contributed by atoms with van der Waals surface area (Å²) in [6.45, 7) is 5.44. The third-order valence-corrected chi connectivity index (χ3v) is 7.66. The lowest BCUT2D eigenvalue weighted by Crippen LogP contribution is -2.36. The first-order chi connectivity index (χ1) is 15.2. The first kappa shape index (κ1) is 20.6. The predicted molar refractivity (Wildman–Crippen MR) is 125 cm³/mol. The van der Waals surface area contributed by atoms with Crippen LogP contribution in [0.2, 0.25) is 0 Å². The van der Waals surface area contributed by atoms with Gasteiger partial charge in [-0.2, -0.15) is 5.10 Å². The summed E-state index contributed by atoms with van der Waals surface area (Å²) in [5.41, 5.74) is 4.21. The third kappa shape index (κ3) is 4.26. The molecule has 31 heavy (non-hydrogen) atoms. The molecule has 1 amide bonds. The Balaban J connectivity index is 1.32. The molecule has 0 unspecified atom stereocenters. The molecule has 1 aliphatic heterocycles. The average molecular weight is 438 g/mol. The summed E-state index contributed by atoms with van der Waals surface area (Å²) in [4.78, 5) is 20.1. The summed E-state index contributed by atoms with van der Waals surface area (Å²) < 4.78 is 3.30. The van der Waals surface area contributed by atoms with Crippen LogP contribution in [0.1, 0.15) is 65.8 Å². The Hall–Kier alpha value is -2.25. The number of benzene rings is 1. The molecular formula is C24H31N5OS. The molecule has 3 aromatic rings. The number of aryl methyl sites for hydroxylation is 1. The fourth-order valence-electron chi connectivity index (χ4n) is 4.95. The van der Waals surface area contributed by atoms with E-state index in [1.807, 2.05) is 11.0 Å². The highest BCUT2D eigenvalue weighted by molar-refractivity contribution is 7.18. The highest BCUT2D eigenvalue weighted by Gasteiger charge is 2.31. The molecule has 164 valence electrons. The number of nitrogens with zero attached hydrogens (tertiary/aromatic N) is 4. The molecule has 0 radical (unpaired) electrons. The largest absolute Gasteiger partial charge is 0.337 e. The lowest BCUT2D eigenvalue weighted by atomic mass is 9.91. The maximum Gasteiger partial charge on any atom is 0.274 e. The van der Waals surface area contributed by atoms with Crippen LogP contribution in [0.5, 0.6) is 0 Å². The summed E-state index contributed by atoms with van der Waals surface area (Å²) in [7, 11) is 0. The van der Waals surface area contributed by atoms with Gasteiger partial charge < -0.3 is 10.2 Å². The van der Waals surface area contributed by atoms with Crippen molar-refractivity contribution in [3.8, 4) is 0 Å². The van der Waals surface area contributed by atoms with Crippen LogP contribution < -0.4 is 5.32 Å². The van der Waals surface area contributed by atoms with Crippen LogP contribution in [-0.2, 0) is 25.9 Å². The van der Waals surface area contributed by atoms with E-state index in [0.29, 0.717) is 11.7 Å². The van der Waals surface area contributed by atoms with Gasteiger partial charge in [0, 0.05) is 43.5 Å². The second-order valence-corrected chi connectivity index (χ2v) is 9.81. The van der Waals surface area contributed by atoms with Crippen LogP contribution in [0.4, 0.5) is 0 Å². The Bertz CT molecular complexity index is 1030. The van der Waals surface area contributed by atoms with Gasteiger partial charge in [-0.15, -0.1) is 11.3 Å². The zero-order chi connectivity index (χ0) is 21.2. The highest BCUT2D eigenvalue weighted by atomic mass is 32.1. The van der Waals surface area contributed by atoms with Gasteiger partial charge in [-0.3, -0.25) is 9.48 Å². The number of amides is 1. The van der Waals surface area contributed by atoms with Gasteiger partial charge in [0.15, 0.2) is 5.69 Å². The van der Waals surface area contributed by atoms with Crippen molar-refractivity contribution in [2.75, 3.05) is 13.1 Å². The van der Waals surface area contributed by atoms with Crippen molar-refractivity contribution in [2.24, 2.45) is 0 Å². The van der Waals surface area contributed by atoms with Crippen LogP contribution >= 0.6 is 11.3 Å². The van der Waals surface area contributed by atoms with Gasteiger partial charge in [0.1, 0.15) is 5.01 Å². The molecule has 5 rings (SSSR count). The molecule has 3 heterocycles. The molecule has 1 saturated heterocycles. The van der Waals surface area contributed by atoms with E-state index in [1.54, 1.807) is 11.3 Å². The lowest BCUT2D eigenvalue weighted by molar-refractivity contribution is 0.0753. The van der Waals surface area contributed by atoms with E-state index in [2.05, 4.69) is 35.1 Å². The Kier molecular flexibility index (Phi) is 6.05. The smallest absolute Gasteiger partial charge is 0.274 e. The van der Waals surface area contributed by atoms with Crippen LogP contribution in [0.15, 0.2) is 24.3 Å². The highest BCUT2D eigenvalue weighted by Crippen LogP contribution is 2.27. The van der Waals surface area contributed by atoms with Crippen molar-refractivity contribution in [3.63, 3.8) is 0 Å². The number of carbonyl (C=O) groups is 1. The first-order valence-corrected chi connectivity index (χ1v) is 12.5. The second kappa shape index (κ2) is 9.09. The number of fused-ring (bicyclic) bond motifs is 2. The number of para-hydroxylation sites is 1. The average Bonchev–Trinajstić information content (AvgIpc) is 3.27. The molecule has 0 saturated carbocycles. The zero-order valence-corrected chi connectivity index (χ0v) is 19.1. The fraction of sp³-hybridized carbons (Fsp3) is 0.542. The molecule has 1 aromatic carbocycles. The van der Waals surface area contributed by atoms with Gasteiger partial charge >= 0.3 is 0 Å². The number of nitrogens with one attached hydrogen (secondary N) is 1. The zero-order valence-electron chi connectivity index (χ0n) is 18.3. The summed E-state index contributed by atoms with van der Waals surface area (Å²) in [6.07, 6.45) is 7.58. The number of aromatic nitrogens is 3. The predicted octanol–water partition coefficient (Wildman–Crippen LogP) is 4.18. The second-order valence-electron chi connectivity index (χ2n) is 8.69. The van der Waals surface area contributed by atoms with Gasteiger partial charge in [0.05, 0.1) is 10.2 Å². The maximum atomic E-state index is 13.4. The molecule has 6 nitrogen and oxygen atoms in total. The number of rotatable bonds is 5. The number of hydrogen-bond donors (Lipinski definition) is 1. The van der Waals surface area contributed by atoms with Gasteiger partial charge in [-0.1, -0.05) is 25.0 Å². The standard InChI is InChI=1S/C24H31N5OS/c1-2-29-20-12-11-17(25-16-22-26-19-9-5-6-10-21(19)31-22)15-18(20)23(27-29)24(30)28-13-7-3-4-8-14-28/h5-6,9-10,17,25H,2-4,7-8,11-16H2,1H3/t17-/m1/s1. The molecule has 1 N–H and O–H groups in total. The minimum atomic E-state index is 0.136. The molecule has 0 bridgehead atoms. The Morgan fingerprint density at radius 1 is 1.19 bits per heavy atom. The summed E-state index contributed by atoms with van der Waals surface area (Å²) >= 11 is 1.76. The third-order valence-electron chi connectivity index (χ3n) is 6.62. The van der Waals surface area contributed by atoms with E-state index < -0.39 is 0 Å². The molecule has 7 heteroatoms. The van der Waals surface area contributed by atoms with Crippen LogP contribution in [0.25, 0.3) is 10.2 Å². The first-order valence-electron chi connectivity index (χ1n) is 11.7. The SMILES string of the molecule is CCn1nc(C(=O)N2CCCCCC2)c2c1CC[C@@H](NCc1nc3ccccc3s1)C2. The van der Waals surface area contributed by atoms with Crippen LogP contribution in [0, 0.1) is 0 Å². The summed E-state index contributed by atoms with van der Waals surface area (Å²) in [5, 5.41) is 9.62. The molecule has 2 aromatic heterocycles. The Morgan fingerprint density at radius 2 is 2.00 bits per heavy atom. The van der Waals surface area contributed by atoms with Crippen molar-refractivity contribution in [2.45, 2.75) is 71.0 Å². The van der Waals surface area contributed by atoms with Gasteiger partial charge in [0.2, 0.25) is 0 Å². The fourth-order valence-corrected chi connectivity index (χ4v) is 5.86. The number of carbonyl (C=O) groups excluding carboxylic acids is 1. The van der Waals surface area contributed by atoms with Crippen molar-refractivity contribution in [3.05, 3.63) is 46.2 Å². The van der Waals surface area contributed by atoms with E-state index >= 15 is 0 Å². The lowest BCUT2D eigenvalue weighted by Gasteiger charge is -2.25. The Morgan fingerprint density at radius 3 is 2.77 bits per heavy atom. The molecule has 1 fully saturated rings. The molecule has 2 aliphatic rings. The molecule has 1 atom stereocenters. The normalized spacial score (nSPS) is 19.4. The van der Waals surface area contributed by atoms with E-state index in [1.165, 1.54) is 28.8 Å². The van der Waals surface area contributed by atoms with E-state index in [-0.39, 0.29) is 5.91 Å².